The molecule has 0 unspecified atom stereocenters. The van der Waals surface area contributed by atoms with Crippen molar-refractivity contribution in [1.29, 1.82) is 0 Å². The van der Waals surface area contributed by atoms with Crippen molar-refractivity contribution in [2.45, 2.75) is 32.6 Å². The van der Waals surface area contributed by atoms with Crippen LogP contribution in [0.15, 0.2) is 24.4 Å². The van der Waals surface area contributed by atoms with Crippen molar-refractivity contribution >= 4 is 17.5 Å². The normalized spacial score (nSPS) is 17.1. The van der Waals surface area contributed by atoms with Gasteiger partial charge in [-0.1, -0.05) is 6.07 Å². The van der Waals surface area contributed by atoms with Crippen LogP contribution in [-0.2, 0) is 4.74 Å². The molecule has 146 valence electrons. The summed E-state index contributed by atoms with van der Waals surface area (Å²) in [5.74, 6) is 0.459. The highest BCUT2D eigenvalue weighted by molar-refractivity contribution is 6.00. The average Bonchev–Trinajstić information content (AvgIpc) is 3.27. The SMILES string of the molecule is COC(=O)c1c(C)[nH]c(C(=O)N2CCC[C@H](c3nnc4ccccn34)C2)c1C. The minimum atomic E-state index is -0.434. The summed E-state index contributed by atoms with van der Waals surface area (Å²) in [6, 6.07) is 5.80. The minimum absolute atomic E-state index is 0.103. The first-order chi connectivity index (χ1) is 13.5. The predicted molar refractivity (Wildman–Crippen MR) is 102 cm³/mol. The lowest BCUT2D eigenvalue weighted by molar-refractivity contribution is 0.0599. The van der Waals surface area contributed by atoms with E-state index in [9.17, 15) is 9.59 Å². The van der Waals surface area contributed by atoms with Crippen molar-refractivity contribution in [2.24, 2.45) is 0 Å². The highest BCUT2D eigenvalue weighted by Crippen LogP contribution is 2.28. The number of hydrogen-bond acceptors (Lipinski definition) is 5. The zero-order chi connectivity index (χ0) is 19.8. The van der Waals surface area contributed by atoms with Gasteiger partial charge in [-0.2, -0.15) is 0 Å². The summed E-state index contributed by atoms with van der Waals surface area (Å²) in [5, 5.41) is 8.59. The van der Waals surface area contributed by atoms with Gasteiger partial charge < -0.3 is 14.6 Å². The second-order valence-corrected chi connectivity index (χ2v) is 7.19. The molecule has 1 fully saturated rings. The third-order valence-corrected chi connectivity index (χ3v) is 5.45. The topological polar surface area (TPSA) is 92.6 Å². The van der Waals surface area contributed by atoms with Gasteiger partial charge in [0.05, 0.1) is 12.7 Å². The van der Waals surface area contributed by atoms with E-state index in [1.807, 2.05) is 33.7 Å². The van der Waals surface area contributed by atoms with Crippen molar-refractivity contribution < 1.29 is 14.3 Å². The van der Waals surface area contributed by atoms with E-state index in [-0.39, 0.29) is 11.8 Å². The van der Waals surface area contributed by atoms with Crippen LogP contribution >= 0.6 is 0 Å². The van der Waals surface area contributed by atoms with Gasteiger partial charge in [-0.15, -0.1) is 10.2 Å². The van der Waals surface area contributed by atoms with Crippen LogP contribution in [0.2, 0.25) is 0 Å². The first-order valence-corrected chi connectivity index (χ1v) is 9.37. The Hall–Kier alpha value is -3.16. The number of nitrogens with one attached hydrogen (secondary N) is 1. The molecule has 8 heteroatoms. The Bertz CT molecular complexity index is 1050. The number of aromatic amines is 1. The van der Waals surface area contributed by atoms with Crippen molar-refractivity contribution in [3.8, 4) is 0 Å². The molecule has 28 heavy (non-hydrogen) atoms. The molecule has 4 heterocycles. The number of amides is 1. The van der Waals surface area contributed by atoms with Crippen LogP contribution in [0.5, 0.6) is 0 Å². The van der Waals surface area contributed by atoms with E-state index in [1.54, 1.807) is 13.8 Å². The fourth-order valence-electron chi connectivity index (χ4n) is 4.04. The number of ether oxygens (including phenoxy) is 1. The summed E-state index contributed by atoms with van der Waals surface area (Å²) in [7, 11) is 1.34. The Balaban J connectivity index is 1.60. The molecule has 1 saturated heterocycles. The summed E-state index contributed by atoms with van der Waals surface area (Å²) in [5.41, 5.74) is 2.96. The summed E-state index contributed by atoms with van der Waals surface area (Å²) < 4.78 is 6.83. The van der Waals surface area contributed by atoms with Crippen LogP contribution in [0, 0.1) is 13.8 Å². The number of piperidine rings is 1. The smallest absolute Gasteiger partial charge is 0.339 e. The number of aryl methyl sites for hydroxylation is 1. The molecule has 0 aromatic carbocycles. The van der Waals surface area contributed by atoms with E-state index in [4.69, 9.17) is 4.74 Å². The van der Waals surface area contributed by atoms with Crippen LogP contribution in [0.4, 0.5) is 0 Å². The lowest BCUT2D eigenvalue weighted by atomic mass is 9.96. The molecule has 3 aromatic rings. The van der Waals surface area contributed by atoms with E-state index >= 15 is 0 Å². The van der Waals surface area contributed by atoms with Gasteiger partial charge in [0.2, 0.25) is 0 Å². The molecule has 1 atom stereocenters. The van der Waals surface area contributed by atoms with E-state index in [2.05, 4.69) is 15.2 Å². The molecule has 1 aliphatic rings. The van der Waals surface area contributed by atoms with Crippen LogP contribution in [0.3, 0.4) is 0 Å². The highest BCUT2D eigenvalue weighted by Gasteiger charge is 2.31. The summed E-state index contributed by atoms with van der Waals surface area (Å²) >= 11 is 0. The van der Waals surface area contributed by atoms with Crippen LogP contribution in [-0.4, -0.2) is 56.6 Å². The third-order valence-electron chi connectivity index (χ3n) is 5.45. The summed E-state index contributed by atoms with van der Waals surface area (Å²) in [4.78, 5) is 30.1. The monoisotopic (exact) mass is 381 g/mol. The zero-order valence-electron chi connectivity index (χ0n) is 16.2. The lowest BCUT2D eigenvalue weighted by Gasteiger charge is -2.32. The van der Waals surface area contributed by atoms with Gasteiger partial charge in [0, 0.05) is 30.9 Å². The molecule has 0 spiro atoms. The molecule has 1 N–H and O–H groups in total. The van der Waals surface area contributed by atoms with Gasteiger partial charge in [0.25, 0.3) is 5.91 Å². The van der Waals surface area contributed by atoms with E-state index in [0.29, 0.717) is 35.6 Å². The number of methoxy groups -OCH3 is 1. The Morgan fingerprint density at radius 1 is 1.25 bits per heavy atom. The Kier molecular flexibility index (Phi) is 4.62. The lowest BCUT2D eigenvalue weighted by Crippen LogP contribution is -2.40. The van der Waals surface area contributed by atoms with Gasteiger partial charge >= 0.3 is 5.97 Å². The largest absolute Gasteiger partial charge is 0.465 e. The molecule has 1 aliphatic heterocycles. The van der Waals surface area contributed by atoms with Crippen molar-refractivity contribution in [3.63, 3.8) is 0 Å². The van der Waals surface area contributed by atoms with Gasteiger partial charge in [-0.3, -0.25) is 9.20 Å². The van der Waals surface area contributed by atoms with Gasteiger partial charge in [-0.25, -0.2) is 4.79 Å². The van der Waals surface area contributed by atoms with Crippen molar-refractivity contribution in [3.05, 3.63) is 52.7 Å². The Morgan fingerprint density at radius 2 is 2.07 bits per heavy atom. The maximum absolute atomic E-state index is 13.2. The summed E-state index contributed by atoms with van der Waals surface area (Å²) in [6.07, 6.45) is 3.79. The van der Waals surface area contributed by atoms with E-state index in [1.165, 1.54) is 7.11 Å². The Labute approximate surface area is 162 Å². The van der Waals surface area contributed by atoms with Crippen molar-refractivity contribution in [1.82, 2.24) is 24.5 Å². The molecule has 0 bridgehead atoms. The average molecular weight is 381 g/mol. The molecule has 4 rings (SSSR count). The van der Waals surface area contributed by atoms with Crippen molar-refractivity contribution in [2.75, 3.05) is 20.2 Å². The maximum atomic E-state index is 13.2. The predicted octanol–water partition coefficient (Wildman–Crippen LogP) is 2.48. The molecular weight excluding hydrogens is 358 g/mol. The molecule has 1 amide bonds. The number of carbonyl (C=O) groups is 2. The van der Waals surface area contributed by atoms with Gasteiger partial charge in [-0.05, 0) is 44.4 Å². The molecular formula is C20H23N5O3. The number of hydrogen-bond donors (Lipinski definition) is 1. The highest BCUT2D eigenvalue weighted by atomic mass is 16.5. The fraction of sp³-hybridized carbons (Fsp3) is 0.400. The number of esters is 1. The molecule has 0 aliphatic carbocycles. The standard InChI is InChI=1S/C20H23N5O3/c1-12-16(20(27)28-3)13(2)21-17(12)19(26)24-9-6-7-14(11-24)18-23-22-15-8-4-5-10-25(15)18/h4-5,8,10,14,21H,6-7,9,11H2,1-3H3/t14-/m0/s1. The maximum Gasteiger partial charge on any atom is 0.339 e. The van der Waals surface area contributed by atoms with Crippen LogP contribution in [0.1, 0.15) is 56.7 Å². The molecule has 0 saturated carbocycles. The number of nitrogens with zero attached hydrogens (tertiary/aromatic N) is 4. The van der Waals surface area contributed by atoms with E-state index in [0.717, 1.165) is 24.3 Å². The Morgan fingerprint density at radius 3 is 2.86 bits per heavy atom. The number of likely N-dealkylation sites (tertiary alicyclic amines) is 1. The number of H-pyrrole nitrogens is 1. The number of aromatic nitrogens is 4. The molecule has 0 radical (unpaired) electrons. The number of fused-ring (bicyclic) bond motifs is 1. The van der Waals surface area contributed by atoms with Crippen LogP contribution in [0.25, 0.3) is 5.65 Å². The summed E-state index contributed by atoms with van der Waals surface area (Å²) in [6.45, 7) is 4.80. The molecule has 8 nitrogen and oxygen atoms in total. The quantitative estimate of drug-likeness (QED) is 0.704. The zero-order valence-corrected chi connectivity index (χ0v) is 16.2. The fourth-order valence-corrected chi connectivity index (χ4v) is 4.04. The minimum Gasteiger partial charge on any atom is -0.465 e. The van der Waals surface area contributed by atoms with Gasteiger partial charge in [0.15, 0.2) is 5.65 Å². The van der Waals surface area contributed by atoms with Crippen LogP contribution < -0.4 is 0 Å². The number of carbonyl (C=O) groups excluding carboxylic acids is 2. The first-order valence-electron chi connectivity index (χ1n) is 9.37. The number of pyridine rings is 1. The second kappa shape index (κ2) is 7.10. The second-order valence-electron chi connectivity index (χ2n) is 7.19. The number of rotatable bonds is 3. The van der Waals surface area contributed by atoms with Gasteiger partial charge in [0.1, 0.15) is 11.5 Å². The molecule has 3 aromatic heterocycles. The van der Waals surface area contributed by atoms with E-state index < -0.39 is 5.97 Å². The first kappa shape index (κ1) is 18.2. The third kappa shape index (κ3) is 2.94.